The van der Waals surface area contributed by atoms with Crippen LogP contribution >= 0.6 is 0 Å². The number of aromatic nitrogens is 5. The van der Waals surface area contributed by atoms with Gasteiger partial charge in [-0.15, -0.1) is 0 Å². The van der Waals surface area contributed by atoms with Crippen LogP contribution < -0.4 is 25.2 Å². The van der Waals surface area contributed by atoms with Crippen LogP contribution in [0, 0.1) is 6.92 Å². The van der Waals surface area contributed by atoms with Crippen molar-refractivity contribution in [1.82, 2.24) is 29.6 Å². The highest BCUT2D eigenvalue weighted by atomic mass is 16.5. The summed E-state index contributed by atoms with van der Waals surface area (Å²) in [7, 11) is 3.28. The van der Waals surface area contributed by atoms with Crippen LogP contribution in [0.3, 0.4) is 0 Å². The van der Waals surface area contributed by atoms with E-state index in [1.54, 1.807) is 20.2 Å². The smallest absolute Gasteiger partial charge is 0.327 e. The number of pyridine rings is 1. The van der Waals surface area contributed by atoms with Gasteiger partial charge in [0.05, 0.1) is 36.2 Å². The fourth-order valence-corrected chi connectivity index (χ4v) is 5.59. The van der Waals surface area contributed by atoms with Crippen LogP contribution in [-0.2, 0) is 6.54 Å². The molecule has 0 saturated carbocycles. The largest absolute Gasteiger partial charge is 0.481 e. The summed E-state index contributed by atoms with van der Waals surface area (Å²) in [5.41, 5.74) is 5.29. The first kappa shape index (κ1) is 29.8. The lowest BCUT2D eigenvalue weighted by Crippen LogP contribution is -2.46. The molecule has 2 aromatic carbocycles. The Morgan fingerprint density at radius 3 is 2.53 bits per heavy atom. The summed E-state index contributed by atoms with van der Waals surface area (Å²) in [5, 5.41) is 12.0. The number of carbonyl (C=O) groups excluding carboxylic acids is 1. The maximum atomic E-state index is 13.4. The summed E-state index contributed by atoms with van der Waals surface area (Å²) in [6, 6.07) is 21.2. The van der Waals surface area contributed by atoms with Gasteiger partial charge in [0, 0.05) is 62.1 Å². The van der Waals surface area contributed by atoms with Gasteiger partial charge in [0.25, 0.3) is 0 Å². The van der Waals surface area contributed by atoms with Crippen molar-refractivity contribution in [1.29, 1.82) is 0 Å². The number of methoxy groups -OCH3 is 1. The van der Waals surface area contributed by atoms with E-state index in [1.165, 1.54) is 16.9 Å². The number of nitrogens with zero attached hydrogens (tertiary/aromatic N) is 8. The van der Waals surface area contributed by atoms with Crippen molar-refractivity contribution in [2.24, 2.45) is 0 Å². The number of urea groups is 1. The van der Waals surface area contributed by atoms with Gasteiger partial charge in [0.1, 0.15) is 18.0 Å². The summed E-state index contributed by atoms with van der Waals surface area (Å²) in [4.78, 5) is 33.0. The highest BCUT2D eigenvalue weighted by Gasteiger charge is 2.19. The second kappa shape index (κ2) is 13.2. The third kappa shape index (κ3) is 6.65. The molecule has 45 heavy (non-hydrogen) atoms. The van der Waals surface area contributed by atoms with Crippen molar-refractivity contribution in [3.05, 3.63) is 84.4 Å². The molecular weight excluding hydrogens is 568 g/mol. The van der Waals surface area contributed by atoms with Gasteiger partial charge in [-0.05, 0) is 55.9 Å². The minimum atomic E-state index is -0.332. The molecular formula is C33H38N10O2. The molecule has 2 N–H and O–H groups in total. The van der Waals surface area contributed by atoms with Crippen LogP contribution in [0.1, 0.15) is 18.3 Å². The number of benzene rings is 2. The van der Waals surface area contributed by atoms with Gasteiger partial charge in [-0.25, -0.2) is 19.7 Å². The molecule has 1 aliphatic rings. The number of ether oxygens (including phenoxy) is 1. The normalized spacial score (nSPS) is 13.6. The highest BCUT2D eigenvalue weighted by Crippen LogP contribution is 2.28. The van der Waals surface area contributed by atoms with E-state index in [1.807, 2.05) is 60.1 Å². The molecule has 1 fully saturated rings. The van der Waals surface area contributed by atoms with E-state index in [4.69, 9.17) is 9.84 Å². The Labute approximate surface area is 262 Å². The summed E-state index contributed by atoms with van der Waals surface area (Å²) in [5.74, 6) is 1.60. The van der Waals surface area contributed by atoms with E-state index in [0.717, 1.165) is 60.7 Å². The first-order valence-corrected chi connectivity index (χ1v) is 15.1. The number of carbonyl (C=O) groups is 1. The third-order valence-corrected chi connectivity index (χ3v) is 8.12. The number of fused-ring (bicyclic) bond motifs is 1. The van der Waals surface area contributed by atoms with E-state index in [2.05, 4.69) is 54.4 Å². The first-order chi connectivity index (χ1) is 21.9. The molecule has 2 amide bonds. The summed E-state index contributed by atoms with van der Waals surface area (Å²) in [6.45, 7) is 9.93. The lowest BCUT2D eigenvalue weighted by atomic mass is 10.1. The minimum Gasteiger partial charge on any atom is -0.481 e. The highest BCUT2D eigenvalue weighted by molar-refractivity contribution is 6.07. The molecule has 4 heterocycles. The molecule has 0 unspecified atom stereocenters. The van der Waals surface area contributed by atoms with Crippen molar-refractivity contribution < 1.29 is 9.53 Å². The van der Waals surface area contributed by atoms with E-state index in [-0.39, 0.29) is 6.03 Å². The Morgan fingerprint density at radius 2 is 1.78 bits per heavy atom. The molecule has 0 radical (unpaired) electrons. The zero-order valence-corrected chi connectivity index (χ0v) is 26.1. The number of hydrogen-bond acceptors (Lipinski definition) is 9. The average molecular weight is 607 g/mol. The Bertz CT molecular complexity index is 1780. The fourth-order valence-electron chi connectivity index (χ4n) is 5.59. The van der Waals surface area contributed by atoms with Gasteiger partial charge < -0.3 is 25.2 Å². The molecule has 0 aliphatic carbocycles. The van der Waals surface area contributed by atoms with Crippen molar-refractivity contribution in [2.75, 3.05) is 67.3 Å². The van der Waals surface area contributed by atoms with Crippen LogP contribution in [0.5, 0.6) is 5.88 Å². The van der Waals surface area contributed by atoms with Gasteiger partial charge in [-0.3, -0.25) is 9.58 Å². The Morgan fingerprint density at radius 1 is 1.00 bits per heavy atom. The lowest BCUT2D eigenvalue weighted by molar-refractivity contribution is 0.258. The van der Waals surface area contributed by atoms with E-state index in [0.29, 0.717) is 29.7 Å². The fraction of sp³-hybridized carbons (Fsp3) is 0.303. The quantitative estimate of drug-likeness (QED) is 0.235. The Kier molecular flexibility index (Phi) is 8.74. The molecule has 5 aromatic rings. The maximum absolute atomic E-state index is 13.4. The van der Waals surface area contributed by atoms with E-state index < -0.39 is 0 Å². The average Bonchev–Trinajstić information content (AvgIpc) is 3.40. The number of amides is 2. The van der Waals surface area contributed by atoms with Gasteiger partial charge >= 0.3 is 6.03 Å². The number of rotatable bonds is 9. The SMILES string of the molecule is CCN1CCN(c2ccc(Nc3cc(N(C)C(=O)Nc4cccc5c4c(C)nn5Cc4cccc(OC)n4)ncn3)cc2)CC1. The third-order valence-electron chi connectivity index (χ3n) is 8.12. The molecule has 6 rings (SSSR count). The van der Waals surface area contributed by atoms with Gasteiger partial charge in [-0.1, -0.05) is 19.1 Å². The minimum absolute atomic E-state index is 0.332. The predicted molar refractivity (Wildman–Crippen MR) is 178 cm³/mol. The molecule has 0 atom stereocenters. The molecule has 0 spiro atoms. The van der Waals surface area contributed by atoms with Crippen LogP contribution in [0.2, 0.25) is 0 Å². The maximum Gasteiger partial charge on any atom is 0.327 e. The number of nitrogens with one attached hydrogen (secondary N) is 2. The topological polar surface area (TPSA) is 117 Å². The standard InChI is InChI=1S/C33H38N10O2/c1-5-41-16-18-42(19-17-41)26-14-12-24(13-15-26)36-29-20-30(35-22-34-29)40(3)33(44)38-27-9-7-10-28-32(27)23(2)39-43(28)21-25-8-6-11-31(37-25)45-4/h6-15,20,22H,5,16-19,21H2,1-4H3,(H,38,44)(H,34,35,36). The molecule has 12 nitrogen and oxygen atoms in total. The number of piperazine rings is 1. The van der Waals surface area contributed by atoms with Crippen LogP contribution in [0.15, 0.2) is 73.1 Å². The van der Waals surface area contributed by atoms with Crippen LogP contribution in [-0.4, -0.2) is 82.5 Å². The second-order valence-electron chi connectivity index (χ2n) is 11.0. The molecule has 12 heteroatoms. The second-order valence-corrected chi connectivity index (χ2v) is 11.0. The van der Waals surface area contributed by atoms with Gasteiger partial charge in [0.2, 0.25) is 5.88 Å². The van der Waals surface area contributed by atoms with Crippen LogP contribution in [0.25, 0.3) is 10.9 Å². The predicted octanol–water partition coefficient (Wildman–Crippen LogP) is 5.14. The molecule has 1 saturated heterocycles. The Hall–Kier alpha value is -5.23. The molecule has 0 bridgehead atoms. The van der Waals surface area contributed by atoms with Crippen molar-refractivity contribution >= 4 is 45.6 Å². The van der Waals surface area contributed by atoms with Crippen molar-refractivity contribution in [2.45, 2.75) is 20.4 Å². The number of hydrogen-bond donors (Lipinski definition) is 2. The molecule has 232 valence electrons. The number of anilines is 5. The van der Waals surface area contributed by atoms with Gasteiger partial charge in [0.15, 0.2) is 0 Å². The first-order valence-electron chi connectivity index (χ1n) is 15.1. The summed E-state index contributed by atoms with van der Waals surface area (Å²) in [6.07, 6.45) is 1.45. The molecule has 1 aliphatic heterocycles. The van der Waals surface area contributed by atoms with Crippen molar-refractivity contribution in [3.63, 3.8) is 0 Å². The number of aryl methyl sites for hydroxylation is 1. The Balaban J connectivity index is 1.13. The summed E-state index contributed by atoms with van der Waals surface area (Å²) >= 11 is 0. The zero-order valence-electron chi connectivity index (χ0n) is 26.1. The molecule has 3 aromatic heterocycles. The van der Waals surface area contributed by atoms with E-state index >= 15 is 0 Å². The van der Waals surface area contributed by atoms with Gasteiger partial charge in [-0.2, -0.15) is 5.10 Å². The monoisotopic (exact) mass is 606 g/mol. The van der Waals surface area contributed by atoms with Crippen LogP contribution in [0.4, 0.5) is 33.5 Å². The lowest BCUT2D eigenvalue weighted by Gasteiger charge is -2.35. The van der Waals surface area contributed by atoms with E-state index in [9.17, 15) is 4.79 Å². The zero-order chi connectivity index (χ0) is 31.3. The summed E-state index contributed by atoms with van der Waals surface area (Å²) < 4.78 is 7.15. The number of likely N-dealkylation sites (N-methyl/N-ethyl adjacent to an activating group) is 1. The van der Waals surface area contributed by atoms with Crippen molar-refractivity contribution in [3.8, 4) is 5.88 Å².